The topological polar surface area (TPSA) is 52.5 Å². The number of ether oxygens (including phenoxy) is 2. The summed E-state index contributed by atoms with van der Waals surface area (Å²) in [5, 5.41) is 3.83. The molecule has 5 nitrogen and oxygen atoms in total. The number of para-hydroxylation sites is 1. The van der Waals surface area contributed by atoms with Crippen LogP contribution in [0, 0.1) is 0 Å². The molecule has 0 aliphatic rings. The summed E-state index contributed by atoms with van der Waals surface area (Å²) in [4.78, 5) is 13.2. The summed E-state index contributed by atoms with van der Waals surface area (Å²) >= 11 is 0. The molecule has 0 radical (unpaired) electrons. The predicted octanol–water partition coefficient (Wildman–Crippen LogP) is 6.54. The van der Waals surface area contributed by atoms with Gasteiger partial charge in [-0.05, 0) is 53.9 Å². The molecule has 8 heteroatoms. The van der Waals surface area contributed by atoms with Gasteiger partial charge < -0.3 is 19.4 Å². The van der Waals surface area contributed by atoms with Crippen LogP contribution in [0.4, 0.5) is 13.2 Å². The Kier molecular flexibility index (Phi) is 7.76. The number of rotatable bonds is 9. The van der Waals surface area contributed by atoms with E-state index in [1.165, 1.54) is 6.07 Å². The lowest BCUT2D eigenvalue weighted by Crippen LogP contribution is -2.25. The second kappa shape index (κ2) is 11.0. The van der Waals surface area contributed by atoms with Crippen LogP contribution in [0.2, 0.25) is 0 Å². The third-order valence-electron chi connectivity index (χ3n) is 6.45. The summed E-state index contributed by atoms with van der Waals surface area (Å²) in [5.74, 6) is 0.576. The Morgan fingerprint density at radius 3 is 2.32 bits per heavy atom. The maximum absolute atomic E-state index is 13.2. The van der Waals surface area contributed by atoms with Gasteiger partial charge in [-0.15, -0.1) is 0 Å². The third-order valence-corrected chi connectivity index (χ3v) is 6.45. The van der Waals surface area contributed by atoms with Gasteiger partial charge in [0.25, 0.3) is 0 Å². The van der Waals surface area contributed by atoms with Crippen molar-refractivity contribution in [3.05, 3.63) is 95.2 Å². The minimum atomic E-state index is -4.44. The highest BCUT2D eigenvalue weighted by atomic mass is 19.4. The molecule has 0 fully saturated rings. The van der Waals surface area contributed by atoms with Gasteiger partial charge in [-0.3, -0.25) is 4.79 Å². The smallest absolute Gasteiger partial charge is 0.416 e. The Balaban J connectivity index is 1.67. The van der Waals surface area contributed by atoms with Gasteiger partial charge in [0, 0.05) is 48.6 Å². The molecular weight excluding hydrogens is 481 g/mol. The number of alkyl halides is 3. The molecule has 1 unspecified atom stereocenters. The second-order valence-electron chi connectivity index (χ2n) is 8.77. The Bertz CT molecular complexity index is 1370. The van der Waals surface area contributed by atoms with Crippen LogP contribution in [-0.4, -0.2) is 24.7 Å². The number of halogens is 3. The molecule has 4 aromatic rings. The standard InChI is InChI=1S/C29H29F3N2O3/c1-4-34-18-26(24-10-5-6-11-27(24)34)25(20-13-22(36-2)15-23(14-20)37-3)16-28(35)33-17-19-8-7-9-21(12-19)29(30,31)32/h5-15,18,25H,4,16-17H2,1-3H3,(H,33,35). The fourth-order valence-electron chi connectivity index (χ4n) is 4.57. The van der Waals surface area contributed by atoms with Crippen molar-refractivity contribution in [3.63, 3.8) is 0 Å². The van der Waals surface area contributed by atoms with Crippen molar-refractivity contribution in [1.82, 2.24) is 9.88 Å². The number of nitrogens with zero attached hydrogens (tertiary/aromatic N) is 1. The third kappa shape index (κ3) is 5.90. The van der Waals surface area contributed by atoms with E-state index >= 15 is 0 Å². The van der Waals surface area contributed by atoms with E-state index in [2.05, 4.69) is 23.0 Å². The number of hydrogen-bond donors (Lipinski definition) is 1. The molecule has 0 aliphatic heterocycles. The zero-order chi connectivity index (χ0) is 26.6. The van der Waals surface area contributed by atoms with Gasteiger partial charge in [0.15, 0.2) is 0 Å². The van der Waals surface area contributed by atoms with E-state index in [0.717, 1.165) is 40.7 Å². The van der Waals surface area contributed by atoms with Crippen LogP contribution < -0.4 is 14.8 Å². The predicted molar refractivity (Wildman–Crippen MR) is 137 cm³/mol. The zero-order valence-electron chi connectivity index (χ0n) is 20.9. The van der Waals surface area contributed by atoms with Crippen LogP contribution >= 0.6 is 0 Å². The summed E-state index contributed by atoms with van der Waals surface area (Å²) in [6.45, 7) is 2.81. The molecule has 0 spiro atoms. The molecule has 1 N–H and O–H groups in total. The molecule has 1 atom stereocenters. The van der Waals surface area contributed by atoms with Crippen LogP contribution in [0.15, 0.2) is 72.9 Å². The first kappa shape index (κ1) is 26.1. The van der Waals surface area contributed by atoms with Crippen molar-refractivity contribution in [2.24, 2.45) is 0 Å². The largest absolute Gasteiger partial charge is 0.497 e. The molecule has 4 rings (SSSR count). The molecule has 0 saturated carbocycles. The van der Waals surface area contributed by atoms with Crippen molar-refractivity contribution in [2.45, 2.75) is 38.5 Å². The number of carbonyl (C=O) groups excluding carboxylic acids is 1. The van der Waals surface area contributed by atoms with E-state index < -0.39 is 11.7 Å². The minimum absolute atomic E-state index is 0.00632. The Morgan fingerprint density at radius 1 is 0.973 bits per heavy atom. The highest BCUT2D eigenvalue weighted by molar-refractivity contribution is 5.86. The highest BCUT2D eigenvalue weighted by Crippen LogP contribution is 2.38. The molecule has 1 heterocycles. The monoisotopic (exact) mass is 510 g/mol. The Labute approximate surface area is 213 Å². The lowest BCUT2D eigenvalue weighted by Gasteiger charge is -2.19. The first-order valence-electron chi connectivity index (χ1n) is 12.0. The molecule has 0 bridgehead atoms. The van der Waals surface area contributed by atoms with Crippen molar-refractivity contribution in [2.75, 3.05) is 14.2 Å². The summed E-state index contributed by atoms with van der Waals surface area (Å²) in [7, 11) is 3.14. The SMILES string of the molecule is CCn1cc(C(CC(=O)NCc2cccc(C(F)(F)F)c2)c2cc(OC)cc(OC)c2)c2ccccc21. The summed E-state index contributed by atoms with van der Waals surface area (Å²) in [6, 6.07) is 18.5. The number of benzene rings is 3. The van der Waals surface area contributed by atoms with Gasteiger partial charge >= 0.3 is 6.18 Å². The number of aromatic nitrogens is 1. The van der Waals surface area contributed by atoms with Crippen molar-refractivity contribution in [1.29, 1.82) is 0 Å². The summed E-state index contributed by atoms with van der Waals surface area (Å²) in [6.07, 6.45) is -2.29. The fourth-order valence-corrected chi connectivity index (χ4v) is 4.57. The van der Waals surface area contributed by atoms with Crippen molar-refractivity contribution in [3.8, 4) is 11.5 Å². The van der Waals surface area contributed by atoms with Gasteiger partial charge in [0.05, 0.1) is 19.8 Å². The molecule has 3 aromatic carbocycles. The average molecular weight is 511 g/mol. The van der Waals surface area contributed by atoms with E-state index in [0.29, 0.717) is 17.1 Å². The van der Waals surface area contributed by atoms with Crippen LogP contribution in [0.25, 0.3) is 10.9 Å². The maximum Gasteiger partial charge on any atom is 0.416 e. The molecular formula is C29H29F3N2O3. The molecule has 1 aromatic heterocycles. The van der Waals surface area contributed by atoms with Crippen molar-refractivity contribution >= 4 is 16.8 Å². The number of aryl methyl sites for hydroxylation is 1. The van der Waals surface area contributed by atoms with Gasteiger partial charge in [-0.25, -0.2) is 0 Å². The maximum atomic E-state index is 13.2. The lowest BCUT2D eigenvalue weighted by molar-refractivity contribution is -0.137. The van der Waals surface area contributed by atoms with Gasteiger partial charge in [0.1, 0.15) is 11.5 Å². The average Bonchev–Trinajstić information content (AvgIpc) is 3.28. The number of methoxy groups -OCH3 is 2. The van der Waals surface area contributed by atoms with E-state index in [4.69, 9.17) is 9.47 Å². The number of carbonyl (C=O) groups is 1. The van der Waals surface area contributed by atoms with Gasteiger partial charge in [-0.1, -0.05) is 30.3 Å². The minimum Gasteiger partial charge on any atom is -0.497 e. The summed E-state index contributed by atoms with van der Waals surface area (Å²) < 4.78 is 52.3. The molecule has 0 aliphatic carbocycles. The van der Waals surface area contributed by atoms with Crippen LogP contribution in [0.5, 0.6) is 11.5 Å². The molecule has 0 saturated heterocycles. The van der Waals surface area contributed by atoms with Crippen LogP contribution in [-0.2, 0) is 24.1 Å². The van der Waals surface area contributed by atoms with Crippen LogP contribution in [0.1, 0.15) is 41.5 Å². The first-order valence-corrected chi connectivity index (χ1v) is 12.0. The zero-order valence-corrected chi connectivity index (χ0v) is 20.9. The lowest BCUT2D eigenvalue weighted by atomic mass is 9.87. The number of fused-ring (bicyclic) bond motifs is 1. The van der Waals surface area contributed by atoms with Gasteiger partial charge in [0.2, 0.25) is 5.91 Å². The Hall–Kier alpha value is -3.94. The van der Waals surface area contributed by atoms with Crippen LogP contribution in [0.3, 0.4) is 0 Å². The first-order chi connectivity index (χ1) is 17.7. The molecule has 37 heavy (non-hydrogen) atoms. The number of hydrogen-bond acceptors (Lipinski definition) is 3. The van der Waals surface area contributed by atoms with E-state index in [-0.39, 0.29) is 24.8 Å². The van der Waals surface area contributed by atoms with E-state index in [1.807, 2.05) is 36.4 Å². The molecule has 1 amide bonds. The molecule has 194 valence electrons. The summed E-state index contributed by atoms with van der Waals surface area (Å²) in [5.41, 5.74) is 2.51. The normalized spacial score (nSPS) is 12.4. The van der Waals surface area contributed by atoms with Crippen molar-refractivity contribution < 1.29 is 27.4 Å². The second-order valence-corrected chi connectivity index (χ2v) is 8.77. The highest BCUT2D eigenvalue weighted by Gasteiger charge is 2.30. The number of nitrogens with one attached hydrogen (secondary N) is 1. The van der Waals surface area contributed by atoms with Gasteiger partial charge in [-0.2, -0.15) is 13.2 Å². The number of amides is 1. The Morgan fingerprint density at radius 2 is 1.68 bits per heavy atom. The fraction of sp³-hybridized carbons (Fsp3) is 0.276. The van der Waals surface area contributed by atoms with E-state index in [9.17, 15) is 18.0 Å². The van der Waals surface area contributed by atoms with E-state index in [1.54, 1.807) is 26.4 Å². The quantitative estimate of drug-likeness (QED) is 0.278.